The number of hydrogen-bond acceptors (Lipinski definition) is 5. The topological polar surface area (TPSA) is 60.4 Å². The van der Waals surface area contributed by atoms with E-state index in [0.717, 1.165) is 27.8 Å². The first-order valence-electron chi connectivity index (χ1n) is 8.23. The van der Waals surface area contributed by atoms with Crippen LogP contribution in [0.15, 0.2) is 77.2 Å². The molecule has 1 heterocycles. The van der Waals surface area contributed by atoms with Gasteiger partial charge in [-0.1, -0.05) is 90.7 Å². The zero-order chi connectivity index (χ0) is 19.4. The summed E-state index contributed by atoms with van der Waals surface area (Å²) in [7, 11) is 0. The van der Waals surface area contributed by atoms with Crippen molar-refractivity contribution in [1.29, 1.82) is 0 Å². The molecule has 1 aliphatic heterocycles. The summed E-state index contributed by atoms with van der Waals surface area (Å²) in [4.78, 5) is 26.1. The largest absolute Gasteiger partial charge is 0.547 e. The highest BCUT2D eigenvalue weighted by atomic mass is 32.2. The molecule has 0 spiro atoms. The number of thioether (sulfide) groups is 1. The van der Waals surface area contributed by atoms with Crippen LogP contribution in [-0.4, -0.2) is 21.1 Å². The van der Waals surface area contributed by atoms with Crippen LogP contribution in [0.3, 0.4) is 0 Å². The normalized spacial score (nSPS) is 17.4. The second kappa shape index (κ2) is 8.33. The molecule has 136 valence electrons. The highest BCUT2D eigenvalue weighted by Crippen LogP contribution is 2.37. The van der Waals surface area contributed by atoms with Gasteiger partial charge in [0.2, 0.25) is 0 Å². The SMILES string of the molecule is CC(=C/c1ccccc1)/C=C1\SC(=S)N(C(C(=O)[O-])c2ccccc2)C1=O. The molecule has 1 fully saturated rings. The van der Waals surface area contributed by atoms with Gasteiger partial charge in [0.05, 0.1) is 10.9 Å². The van der Waals surface area contributed by atoms with E-state index >= 15 is 0 Å². The van der Waals surface area contributed by atoms with Crippen molar-refractivity contribution in [2.45, 2.75) is 13.0 Å². The second-order valence-electron chi connectivity index (χ2n) is 5.98. The molecular weight excluding hydrogens is 378 g/mol. The number of carboxylic acid groups (broad SMARTS) is 1. The van der Waals surface area contributed by atoms with Gasteiger partial charge in [0.25, 0.3) is 5.91 Å². The van der Waals surface area contributed by atoms with Gasteiger partial charge in [-0.2, -0.15) is 0 Å². The van der Waals surface area contributed by atoms with E-state index in [1.54, 1.807) is 36.4 Å². The van der Waals surface area contributed by atoms with Gasteiger partial charge >= 0.3 is 0 Å². The van der Waals surface area contributed by atoms with Crippen LogP contribution in [0.5, 0.6) is 0 Å². The minimum atomic E-state index is -1.37. The fourth-order valence-corrected chi connectivity index (χ4v) is 4.15. The Kier molecular flexibility index (Phi) is 5.88. The lowest BCUT2D eigenvalue weighted by Gasteiger charge is -2.27. The predicted octanol–water partition coefficient (Wildman–Crippen LogP) is 3.33. The quantitative estimate of drug-likeness (QED) is 0.575. The number of carboxylic acids is 1. The third-order valence-electron chi connectivity index (χ3n) is 3.97. The van der Waals surface area contributed by atoms with Crippen molar-refractivity contribution in [1.82, 2.24) is 4.90 Å². The zero-order valence-electron chi connectivity index (χ0n) is 14.5. The van der Waals surface area contributed by atoms with Crippen LogP contribution >= 0.6 is 24.0 Å². The maximum absolute atomic E-state index is 12.9. The van der Waals surface area contributed by atoms with E-state index in [-0.39, 0.29) is 4.32 Å². The molecule has 1 atom stereocenters. The van der Waals surface area contributed by atoms with Crippen LogP contribution in [0, 0.1) is 0 Å². The van der Waals surface area contributed by atoms with Crippen LogP contribution in [0.25, 0.3) is 6.08 Å². The lowest BCUT2D eigenvalue weighted by molar-refractivity contribution is -0.310. The molecule has 1 aliphatic rings. The van der Waals surface area contributed by atoms with E-state index in [1.165, 1.54) is 0 Å². The van der Waals surface area contributed by atoms with Gasteiger partial charge in [-0.3, -0.25) is 9.69 Å². The van der Waals surface area contributed by atoms with Gasteiger partial charge in [-0.25, -0.2) is 0 Å². The Hall–Kier alpha value is -2.70. The number of carbonyl (C=O) groups excluding carboxylic acids is 2. The number of aliphatic carboxylic acids is 1. The number of hydrogen-bond donors (Lipinski definition) is 0. The summed E-state index contributed by atoms with van der Waals surface area (Å²) in [6, 6.07) is 17.0. The first-order valence-corrected chi connectivity index (χ1v) is 9.46. The molecule has 0 aliphatic carbocycles. The van der Waals surface area contributed by atoms with E-state index in [1.807, 2.05) is 43.3 Å². The van der Waals surface area contributed by atoms with Gasteiger partial charge in [0.1, 0.15) is 10.4 Å². The van der Waals surface area contributed by atoms with E-state index in [4.69, 9.17) is 12.2 Å². The van der Waals surface area contributed by atoms with E-state index in [9.17, 15) is 14.7 Å². The number of allylic oxidation sites excluding steroid dienone is 2. The molecule has 0 bridgehead atoms. The van der Waals surface area contributed by atoms with Crippen molar-refractivity contribution in [2.75, 3.05) is 0 Å². The summed E-state index contributed by atoms with van der Waals surface area (Å²) in [6.45, 7) is 1.88. The van der Waals surface area contributed by atoms with Crippen LogP contribution in [0.4, 0.5) is 0 Å². The highest BCUT2D eigenvalue weighted by Gasteiger charge is 2.38. The Balaban J connectivity index is 1.90. The molecule has 2 aromatic rings. The number of thiocarbonyl (C=S) groups is 1. The Morgan fingerprint density at radius 1 is 1.11 bits per heavy atom. The van der Waals surface area contributed by atoms with E-state index in [2.05, 4.69) is 0 Å². The van der Waals surface area contributed by atoms with Crippen molar-refractivity contribution in [2.24, 2.45) is 0 Å². The molecule has 2 aromatic carbocycles. The maximum Gasteiger partial charge on any atom is 0.267 e. The van der Waals surface area contributed by atoms with Gasteiger partial charge in [-0.15, -0.1) is 0 Å². The van der Waals surface area contributed by atoms with Crippen molar-refractivity contribution < 1.29 is 14.7 Å². The first-order chi connectivity index (χ1) is 13.0. The lowest BCUT2D eigenvalue weighted by Crippen LogP contribution is -2.43. The minimum Gasteiger partial charge on any atom is -0.547 e. The van der Waals surface area contributed by atoms with Gasteiger partial charge in [-0.05, 0) is 29.7 Å². The van der Waals surface area contributed by atoms with Gasteiger partial charge in [0, 0.05) is 0 Å². The van der Waals surface area contributed by atoms with Gasteiger partial charge < -0.3 is 9.90 Å². The summed E-state index contributed by atoms with van der Waals surface area (Å²) in [6.07, 6.45) is 3.67. The Labute approximate surface area is 167 Å². The zero-order valence-corrected chi connectivity index (χ0v) is 16.1. The van der Waals surface area contributed by atoms with E-state index in [0.29, 0.717) is 10.5 Å². The smallest absolute Gasteiger partial charge is 0.267 e. The second-order valence-corrected chi connectivity index (χ2v) is 7.66. The standard InChI is InChI=1S/C21H17NO3S2/c1-14(12-15-8-4-2-5-9-15)13-17-19(23)22(21(26)27-17)18(20(24)25)16-10-6-3-7-11-16/h2-13,18H,1H3,(H,24,25)/p-1/b14-12-,17-13-. The number of nitrogens with zero attached hydrogens (tertiary/aromatic N) is 1. The number of carbonyl (C=O) groups is 2. The van der Waals surface area contributed by atoms with Crippen LogP contribution < -0.4 is 5.11 Å². The number of benzene rings is 2. The van der Waals surface area contributed by atoms with Crippen molar-refractivity contribution in [3.05, 3.63) is 88.3 Å². The molecule has 6 heteroatoms. The van der Waals surface area contributed by atoms with Crippen molar-refractivity contribution in [3.63, 3.8) is 0 Å². The molecule has 0 radical (unpaired) electrons. The molecular formula is C21H16NO3S2-. The molecule has 1 saturated heterocycles. The Bertz CT molecular complexity index is 936. The van der Waals surface area contributed by atoms with Crippen molar-refractivity contribution in [3.8, 4) is 0 Å². The fraction of sp³-hybridized carbons (Fsp3) is 0.0952. The molecule has 0 saturated carbocycles. The van der Waals surface area contributed by atoms with Crippen LogP contribution in [0.2, 0.25) is 0 Å². The summed E-state index contributed by atoms with van der Waals surface area (Å²) >= 11 is 6.39. The molecule has 4 nitrogen and oxygen atoms in total. The average Bonchev–Trinajstić information content (AvgIpc) is 2.91. The molecule has 27 heavy (non-hydrogen) atoms. The molecule has 0 aromatic heterocycles. The number of amides is 1. The minimum absolute atomic E-state index is 0.205. The predicted molar refractivity (Wildman–Crippen MR) is 109 cm³/mol. The monoisotopic (exact) mass is 394 g/mol. The van der Waals surface area contributed by atoms with Crippen LogP contribution in [-0.2, 0) is 9.59 Å². The van der Waals surface area contributed by atoms with Gasteiger partial charge in [0.15, 0.2) is 0 Å². The maximum atomic E-state index is 12.9. The molecule has 0 N–H and O–H groups in total. The number of rotatable bonds is 5. The Morgan fingerprint density at radius 3 is 2.30 bits per heavy atom. The van der Waals surface area contributed by atoms with Crippen LogP contribution in [0.1, 0.15) is 24.1 Å². The lowest BCUT2D eigenvalue weighted by atomic mass is 10.1. The van der Waals surface area contributed by atoms with E-state index < -0.39 is 17.9 Å². The fourth-order valence-electron chi connectivity index (χ4n) is 2.79. The summed E-state index contributed by atoms with van der Waals surface area (Å²) in [5.41, 5.74) is 2.33. The summed E-state index contributed by atoms with van der Waals surface area (Å²) in [5, 5.41) is 11.7. The molecule has 1 unspecified atom stereocenters. The van der Waals surface area contributed by atoms with Crippen molar-refractivity contribution >= 4 is 46.3 Å². The summed E-state index contributed by atoms with van der Waals surface area (Å²) in [5.74, 6) is -1.79. The Morgan fingerprint density at radius 2 is 1.70 bits per heavy atom. The summed E-state index contributed by atoms with van der Waals surface area (Å²) < 4.78 is 0.205. The first kappa shape index (κ1) is 19.1. The third kappa shape index (κ3) is 4.35. The molecule has 3 rings (SSSR count). The highest BCUT2D eigenvalue weighted by molar-refractivity contribution is 8.26. The molecule has 1 amide bonds. The average molecular weight is 394 g/mol. The third-order valence-corrected chi connectivity index (χ3v) is 5.30.